The van der Waals surface area contributed by atoms with E-state index in [1.165, 1.54) is 0 Å². The first kappa shape index (κ1) is 13.6. The molecule has 2 rings (SSSR count). The van der Waals surface area contributed by atoms with Crippen LogP contribution in [0.15, 0.2) is 54.6 Å². The number of benzene rings is 2. The monoisotopic (exact) mass is 274 g/mol. The molecule has 3 heteroatoms. The number of aliphatic carboxylic acids is 1. The second-order valence-electron chi connectivity index (χ2n) is 4.39. The molecule has 1 unspecified atom stereocenters. The first-order chi connectivity index (χ1) is 9.16. The lowest BCUT2D eigenvalue weighted by molar-refractivity contribution is -0.137. The summed E-state index contributed by atoms with van der Waals surface area (Å²) in [6.07, 6.45) is 0.538. The van der Waals surface area contributed by atoms with Crippen LogP contribution in [0.1, 0.15) is 23.8 Å². The summed E-state index contributed by atoms with van der Waals surface area (Å²) in [7, 11) is 0. The minimum atomic E-state index is -0.813. The highest BCUT2D eigenvalue weighted by atomic mass is 35.5. The Kier molecular flexibility index (Phi) is 4.58. The Morgan fingerprint density at radius 3 is 2.16 bits per heavy atom. The maximum Gasteiger partial charge on any atom is 0.303 e. The number of hydrogen-bond acceptors (Lipinski definition) is 1. The molecule has 0 bridgehead atoms. The SMILES string of the molecule is O=C(O)CCC(Cl)c1ccc(-c2ccccc2)cc1. The van der Waals surface area contributed by atoms with E-state index in [1.807, 2.05) is 42.5 Å². The Bertz CT molecular complexity index is 534. The van der Waals surface area contributed by atoms with Gasteiger partial charge in [0.05, 0.1) is 5.38 Å². The van der Waals surface area contributed by atoms with Crippen molar-refractivity contribution >= 4 is 17.6 Å². The van der Waals surface area contributed by atoms with E-state index >= 15 is 0 Å². The first-order valence-electron chi connectivity index (χ1n) is 6.18. The molecule has 0 saturated carbocycles. The summed E-state index contributed by atoms with van der Waals surface area (Å²) in [4.78, 5) is 10.5. The fourth-order valence-corrected chi connectivity index (χ4v) is 2.19. The largest absolute Gasteiger partial charge is 0.481 e. The number of carbonyl (C=O) groups is 1. The standard InChI is InChI=1S/C16H15ClO2/c17-15(10-11-16(18)19)14-8-6-13(7-9-14)12-4-2-1-3-5-12/h1-9,15H,10-11H2,(H,18,19). The summed E-state index contributed by atoms with van der Waals surface area (Å²) in [5.74, 6) is -0.813. The van der Waals surface area contributed by atoms with E-state index in [0.717, 1.165) is 16.7 Å². The highest BCUT2D eigenvalue weighted by molar-refractivity contribution is 6.20. The summed E-state index contributed by atoms with van der Waals surface area (Å²) in [6.45, 7) is 0. The molecule has 0 saturated heterocycles. The zero-order chi connectivity index (χ0) is 13.7. The van der Waals surface area contributed by atoms with Gasteiger partial charge < -0.3 is 5.11 Å². The molecule has 0 radical (unpaired) electrons. The number of halogens is 1. The van der Waals surface area contributed by atoms with Crippen LogP contribution in [0.4, 0.5) is 0 Å². The molecule has 2 nitrogen and oxygen atoms in total. The molecule has 0 fully saturated rings. The number of rotatable bonds is 5. The quantitative estimate of drug-likeness (QED) is 0.815. The van der Waals surface area contributed by atoms with E-state index in [2.05, 4.69) is 12.1 Å². The minimum Gasteiger partial charge on any atom is -0.481 e. The predicted molar refractivity (Wildman–Crippen MR) is 77.3 cm³/mol. The van der Waals surface area contributed by atoms with Crippen LogP contribution >= 0.6 is 11.6 Å². The average Bonchev–Trinajstić information content (AvgIpc) is 2.46. The molecule has 2 aromatic rings. The maximum atomic E-state index is 10.5. The molecule has 1 N–H and O–H groups in total. The van der Waals surface area contributed by atoms with Crippen LogP contribution in [0, 0.1) is 0 Å². The molecule has 0 aliphatic rings. The van der Waals surface area contributed by atoms with Gasteiger partial charge in [-0.15, -0.1) is 11.6 Å². The van der Waals surface area contributed by atoms with E-state index in [0.29, 0.717) is 6.42 Å². The second-order valence-corrected chi connectivity index (χ2v) is 4.91. The second kappa shape index (κ2) is 6.39. The Morgan fingerprint density at radius 1 is 1.00 bits per heavy atom. The number of alkyl halides is 1. The minimum absolute atomic E-state index is 0.0919. The third kappa shape index (κ3) is 3.83. The van der Waals surface area contributed by atoms with Crippen LogP contribution in [-0.2, 0) is 4.79 Å². The molecule has 0 amide bonds. The smallest absolute Gasteiger partial charge is 0.303 e. The zero-order valence-electron chi connectivity index (χ0n) is 10.4. The van der Waals surface area contributed by atoms with Crippen molar-refractivity contribution in [3.63, 3.8) is 0 Å². The molecule has 2 aromatic carbocycles. The topological polar surface area (TPSA) is 37.3 Å². The van der Waals surface area contributed by atoms with Crippen molar-refractivity contribution in [2.24, 2.45) is 0 Å². The van der Waals surface area contributed by atoms with Crippen molar-refractivity contribution in [2.75, 3.05) is 0 Å². The fraction of sp³-hybridized carbons (Fsp3) is 0.188. The van der Waals surface area contributed by atoms with Gasteiger partial charge in [-0.25, -0.2) is 0 Å². The fourth-order valence-electron chi connectivity index (χ4n) is 1.93. The highest BCUT2D eigenvalue weighted by Crippen LogP contribution is 2.28. The van der Waals surface area contributed by atoms with Crippen molar-refractivity contribution in [3.05, 3.63) is 60.2 Å². The van der Waals surface area contributed by atoms with Crippen LogP contribution < -0.4 is 0 Å². The lowest BCUT2D eigenvalue weighted by Crippen LogP contribution is -1.98. The van der Waals surface area contributed by atoms with E-state index in [1.54, 1.807) is 0 Å². The molecule has 0 aliphatic carbocycles. The molecule has 1 atom stereocenters. The van der Waals surface area contributed by atoms with Crippen LogP contribution in [-0.4, -0.2) is 11.1 Å². The summed E-state index contributed by atoms with van der Waals surface area (Å²) in [5, 5.41) is 8.39. The molecule has 0 spiro atoms. The van der Waals surface area contributed by atoms with E-state index in [-0.39, 0.29) is 11.8 Å². The maximum absolute atomic E-state index is 10.5. The molecule has 0 aromatic heterocycles. The summed E-state index contributed by atoms with van der Waals surface area (Å²) < 4.78 is 0. The Balaban J connectivity index is 2.08. The molecule has 0 heterocycles. The Hall–Kier alpha value is -1.80. The van der Waals surface area contributed by atoms with Crippen LogP contribution in [0.2, 0.25) is 0 Å². The highest BCUT2D eigenvalue weighted by Gasteiger charge is 2.10. The average molecular weight is 275 g/mol. The van der Waals surface area contributed by atoms with Gasteiger partial charge in [-0.05, 0) is 23.1 Å². The molecular formula is C16H15ClO2. The number of hydrogen-bond donors (Lipinski definition) is 1. The Labute approximate surface area is 117 Å². The van der Waals surface area contributed by atoms with Gasteiger partial charge in [0.25, 0.3) is 0 Å². The van der Waals surface area contributed by atoms with Gasteiger partial charge in [-0.1, -0.05) is 54.6 Å². The van der Waals surface area contributed by atoms with Crippen molar-refractivity contribution < 1.29 is 9.90 Å². The third-order valence-electron chi connectivity index (χ3n) is 2.99. The third-order valence-corrected chi connectivity index (χ3v) is 3.46. The van der Waals surface area contributed by atoms with Crippen LogP contribution in [0.3, 0.4) is 0 Å². The van der Waals surface area contributed by atoms with Crippen molar-refractivity contribution in [2.45, 2.75) is 18.2 Å². The van der Waals surface area contributed by atoms with Crippen LogP contribution in [0.5, 0.6) is 0 Å². The first-order valence-corrected chi connectivity index (χ1v) is 6.61. The zero-order valence-corrected chi connectivity index (χ0v) is 11.2. The van der Waals surface area contributed by atoms with Gasteiger partial charge in [0, 0.05) is 6.42 Å². The van der Waals surface area contributed by atoms with Crippen LogP contribution in [0.25, 0.3) is 11.1 Å². The van der Waals surface area contributed by atoms with Gasteiger partial charge in [0.2, 0.25) is 0 Å². The number of carboxylic acids is 1. The molecule has 19 heavy (non-hydrogen) atoms. The van der Waals surface area contributed by atoms with Gasteiger partial charge in [-0.2, -0.15) is 0 Å². The lowest BCUT2D eigenvalue weighted by atomic mass is 10.0. The summed E-state index contributed by atoms with van der Waals surface area (Å²) in [6, 6.07) is 18.0. The molecule has 98 valence electrons. The van der Waals surface area contributed by atoms with Crippen molar-refractivity contribution in [1.82, 2.24) is 0 Å². The van der Waals surface area contributed by atoms with Gasteiger partial charge >= 0.3 is 5.97 Å². The summed E-state index contributed by atoms with van der Waals surface area (Å²) >= 11 is 6.19. The summed E-state index contributed by atoms with van der Waals surface area (Å²) in [5.41, 5.74) is 3.25. The molecular weight excluding hydrogens is 260 g/mol. The Morgan fingerprint density at radius 2 is 1.58 bits per heavy atom. The van der Waals surface area contributed by atoms with Crippen molar-refractivity contribution in [1.29, 1.82) is 0 Å². The van der Waals surface area contributed by atoms with Crippen molar-refractivity contribution in [3.8, 4) is 11.1 Å². The molecule has 0 aliphatic heterocycles. The van der Waals surface area contributed by atoms with Gasteiger partial charge in [0.15, 0.2) is 0 Å². The lowest BCUT2D eigenvalue weighted by Gasteiger charge is -2.09. The van der Waals surface area contributed by atoms with E-state index in [4.69, 9.17) is 16.7 Å². The van der Waals surface area contributed by atoms with Gasteiger partial charge in [0.1, 0.15) is 0 Å². The normalized spacial score (nSPS) is 12.1. The van der Waals surface area contributed by atoms with E-state index in [9.17, 15) is 4.79 Å². The predicted octanol–water partition coefficient (Wildman–Crippen LogP) is 4.50. The van der Waals surface area contributed by atoms with E-state index < -0.39 is 5.97 Å². The van der Waals surface area contributed by atoms with Gasteiger partial charge in [-0.3, -0.25) is 4.79 Å². The number of carboxylic acid groups (broad SMARTS) is 1.